The van der Waals surface area contributed by atoms with Gasteiger partial charge in [0.1, 0.15) is 0 Å². The molecule has 0 radical (unpaired) electrons. The van der Waals surface area contributed by atoms with E-state index in [1.807, 2.05) is 6.26 Å². The molecule has 0 heterocycles. The Labute approximate surface area is 146 Å². The molecule has 0 unspecified atom stereocenters. The predicted octanol–water partition coefficient (Wildman–Crippen LogP) is 3.71. The first kappa shape index (κ1) is 18.2. The van der Waals surface area contributed by atoms with E-state index in [4.69, 9.17) is 11.6 Å². The Morgan fingerprint density at radius 1 is 1.12 bits per heavy atom. The molecule has 0 aliphatic carbocycles. The van der Waals surface area contributed by atoms with Crippen LogP contribution in [0.25, 0.3) is 0 Å². The number of thioether (sulfide) groups is 1. The molecule has 0 saturated heterocycles. The van der Waals surface area contributed by atoms with E-state index in [0.717, 1.165) is 17.0 Å². The van der Waals surface area contributed by atoms with Crippen LogP contribution in [0.5, 0.6) is 0 Å². The second-order valence-electron chi connectivity index (χ2n) is 4.71. The van der Waals surface area contributed by atoms with Gasteiger partial charge in [0.2, 0.25) is 5.91 Å². The molecule has 2 aromatic rings. The lowest BCUT2D eigenvalue weighted by molar-refractivity contribution is -0.115. The van der Waals surface area contributed by atoms with Crippen LogP contribution in [-0.2, 0) is 4.79 Å². The van der Waals surface area contributed by atoms with Crippen molar-refractivity contribution in [1.29, 1.82) is 0 Å². The van der Waals surface area contributed by atoms with E-state index >= 15 is 0 Å². The maximum atomic E-state index is 13.1. The van der Waals surface area contributed by atoms with Crippen molar-refractivity contribution in [1.82, 2.24) is 5.32 Å². The molecule has 2 amide bonds. The maximum absolute atomic E-state index is 13.1. The van der Waals surface area contributed by atoms with Gasteiger partial charge in [-0.15, -0.1) is 11.8 Å². The van der Waals surface area contributed by atoms with Crippen LogP contribution in [0.2, 0.25) is 5.02 Å². The van der Waals surface area contributed by atoms with E-state index in [-0.39, 0.29) is 22.8 Å². The van der Waals surface area contributed by atoms with Crippen LogP contribution in [0.1, 0.15) is 10.4 Å². The van der Waals surface area contributed by atoms with Crippen molar-refractivity contribution in [2.24, 2.45) is 0 Å². The van der Waals surface area contributed by atoms with Gasteiger partial charge in [0.25, 0.3) is 5.91 Å². The zero-order valence-corrected chi connectivity index (χ0v) is 14.1. The number of hydrogen-bond donors (Lipinski definition) is 2. The van der Waals surface area contributed by atoms with Crippen molar-refractivity contribution in [3.8, 4) is 0 Å². The molecule has 0 aromatic heterocycles. The number of anilines is 1. The summed E-state index contributed by atoms with van der Waals surface area (Å²) in [5, 5.41) is 5.05. The van der Waals surface area contributed by atoms with E-state index < -0.39 is 23.4 Å². The van der Waals surface area contributed by atoms with Crippen LogP contribution in [-0.4, -0.2) is 24.6 Å². The summed E-state index contributed by atoms with van der Waals surface area (Å²) in [7, 11) is 0. The maximum Gasteiger partial charge on any atom is 0.253 e. The second-order valence-corrected chi connectivity index (χ2v) is 5.99. The van der Waals surface area contributed by atoms with Crippen LogP contribution in [0.3, 0.4) is 0 Å². The van der Waals surface area contributed by atoms with Crippen LogP contribution < -0.4 is 10.6 Å². The lowest BCUT2D eigenvalue weighted by Gasteiger charge is -2.09. The summed E-state index contributed by atoms with van der Waals surface area (Å²) < 4.78 is 25.9. The lowest BCUT2D eigenvalue weighted by atomic mass is 10.2. The zero-order valence-electron chi connectivity index (χ0n) is 12.5. The number of carbonyl (C=O) groups is 2. The molecular weight excluding hydrogens is 358 g/mol. The highest BCUT2D eigenvalue weighted by atomic mass is 35.5. The predicted molar refractivity (Wildman–Crippen MR) is 90.6 cm³/mol. The van der Waals surface area contributed by atoms with Crippen molar-refractivity contribution in [3.63, 3.8) is 0 Å². The van der Waals surface area contributed by atoms with Gasteiger partial charge in [-0.3, -0.25) is 9.59 Å². The summed E-state index contributed by atoms with van der Waals surface area (Å²) >= 11 is 7.43. The first-order chi connectivity index (χ1) is 11.4. The largest absolute Gasteiger partial charge is 0.343 e. The van der Waals surface area contributed by atoms with E-state index in [1.54, 1.807) is 18.2 Å². The Bertz CT molecular complexity index is 787. The summed E-state index contributed by atoms with van der Waals surface area (Å²) in [4.78, 5) is 24.7. The van der Waals surface area contributed by atoms with Gasteiger partial charge in [-0.05, 0) is 36.6 Å². The quantitative estimate of drug-likeness (QED) is 0.789. The first-order valence-corrected chi connectivity index (χ1v) is 8.37. The molecule has 0 atom stereocenters. The van der Waals surface area contributed by atoms with E-state index in [9.17, 15) is 18.4 Å². The number of hydrogen-bond acceptors (Lipinski definition) is 3. The fourth-order valence-electron chi connectivity index (χ4n) is 1.84. The van der Waals surface area contributed by atoms with Gasteiger partial charge in [-0.25, -0.2) is 8.78 Å². The van der Waals surface area contributed by atoms with Gasteiger partial charge in [0.15, 0.2) is 11.6 Å². The van der Waals surface area contributed by atoms with Crippen LogP contribution >= 0.6 is 23.4 Å². The summed E-state index contributed by atoms with van der Waals surface area (Å²) in [6.45, 7) is -0.336. The molecule has 4 nitrogen and oxygen atoms in total. The molecule has 0 aliphatic rings. The highest BCUT2D eigenvalue weighted by Gasteiger charge is 2.13. The van der Waals surface area contributed by atoms with Crippen molar-refractivity contribution in [2.75, 3.05) is 18.1 Å². The molecule has 2 N–H and O–H groups in total. The molecule has 8 heteroatoms. The van der Waals surface area contributed by atoms with Crippen molar-refractivity contribution in [3.05, 3.63) is 58.6 Å². The SMILES string of the molecule is CSc1ccc(Cl)c(C(=O)NCC(=O)Nc2ccc(F)c(F)c2)c1. The van der Waals surface area contributed by atoms with Crippen LogP contribution in [0, 0.1) is 11.6 Å². The molecule has 0 aliphatic heterocycles. The zero-order chi connectivity index (χ0) is 17.7. The van der Waals surface area contributed by atoms with Crippen LogP contribution in [0.15, 0.2) is 41.3 Å². The normalized spacial score (nSPS) is 10.3. The third kappa shape index (κ3) is 4.69. The average molecular weight is 371 g/mol. The van der Waals surface area contributed by atoms with Gasteiger partial charge in [-0.1, -0.05) is 11.6 Å². The second kappa shape index (κ2) is 8.12. The Morgan fingerprint density at radius 2 is 1.88 bits per heavy atom. The summed E-state index contributed by atoms with van der Waals surface area (Å²) in [6.07, 6.45) is 1.86. The molecule has 0 fully saturated rings. The summed E-state index contributed by atoms with van der Waals surface area (Å²) in [5.41, 5.74) is 0.347. The summed E-state index contributed by atoms with van der Waals surface area (Å²) in [5.74, 6) is -3.16. The number of rotatable bonds is 5. The Hall–Kier alpha value is -2.12. The Morgan fingerprint density at radius 3 is 2.54 bits per heavy atom. The average Bonchev–Trinajstić information content (AvgIpc) is 2.56. The molecule has 0 spiro atoms. The van der Waals surface area contributed by atoms with Gasteiger partial charge in [-0.2, -0.15) is 0 Å². The molecule has 24 heavy (non-hydrogen) atoms. The van der Waals surface area contributed by atoms with Gasteiger partial charge < -0.3 is 10.6 Å². The topological polar surface area (TPSA) is 58.2 Å². The van der Waals surface area contributed by atoms with Gasteiger partial charge >= 0.3 is 0 Å². The Balaban J connectivity index is 1.96. The molecular formula is C16H13ClF2N2O2S. The van der Waals surface area contributed by atoms with Gasteiger partial charge in [0, 0.05) is 16.6 Å². The van der Waals surface area contributed by atoms with Crippen LogP contribution in [0.4, 0.5) is 14.5 Å². The molecule has 2 rings (SSSR count). The minimum atomic E-state index is -1.07. The first-order valence-electron chi connectivity index (χ1n) is 6.77. The van der Waals surface area contributed by atoms with Crippen molar-refractivity contribution in [2.45, 2.75) is 4.90 Å². The standard InChI is InChI=1S/C16H13ClF2N2O2S/c1-24-10-3-4-12(17)11(7-10)16(23)20-8-15(22)21-9-2-5-13(18)14(19)6-9/h2-7H,8H2,1H3,(H,20,23)(H,21,22). The lowest BCUT2D eigenvalue weighted by Crippen LogP contribution is -2.33. The van der Waals surface area contributed by atoms with E-state index in [1.165, 1.54) is 17.8 Å². The molecule has 126 valence electrons. The van der Waals surface area contributed by atoms with Crippen molar-refractivity contribution >= 4 is 40.9 Å². The molecule has 0 bridgehead atoms. The fourth-order valence-corrected chi connectivity index (χ4v) is 2.48. The Kier molecular flexibility index (Phi) is 6.16. The van der Waals surface area contributed by atoms with Gasteiger partial charge in [0.05, 0.1) is 17.1 Å². The molecule has 2 aromatic carbocycles. The minimum absolute atomic E-state index is 0.0931. The van der Waals surface area contributed by atoms with Crippen molar-refractivity contribution < 1.29 is 18.4 Å². The van der Waals surface area contributed by atoms with E-state index in [0.29, 0.717) is 0 Å². The van der Waals surface area contributed by atoms with E-state index in [2.05, 4.69) is 10.6 Å². The highest BCUT2D eigenvalue weighted by molar-refractivity contribution is 7.98. The number of benzene rings is 2. The third-order valence-electron chi connectivity index (χ3n) is 3.03. The fraction of sp³-hybridized carbons (Fsp3) is 0.125. The monoisotopic (exact) mass is 370 g/mol. The number of carbonyl (C=O) groups excluding carboxylic acids is 2. The summed E-state index contributed by atoms with van der Waals surface area (Å²) in [6, 6.07) is 7.97. The third-order valence-corrected chi connectivity index (χ3v) is 4.09. The number of halogens is 3. The molecule has 0 saturated carbocycles. The smallest absolute Gasteiger partial charge is 0.253 e. The highest BCUT2D eigenvalue weighted by Crippen LogP contribution is 2.22. The minimum Gasteiger partial charge on any atom is -0.343 e. The number of amides is 2. The number of nitrogens with one attached hydrogen (secondary N) is 2.